The first-order valence-electron chi connectivity index (χ1n) is 8.48. The lowest BCUT2D eigenvalue weighted by molar-refractivity contribution is 0.0302. The van der Waals surface area contributed by atoms with Gasteiger partial charge in [-0.1, -0.05) is 26.8 Å². The van der Waals surface area contributed by atoms with Gasteiger partial charge in [-0.05, 0) is 18.2 Å². The number of amides is 1. The highest BCUT2D eigenvalue weighted by molar-refractivity contribution is 7.09. The minimum absolute atomic E-state index is 0.0259. The van der Waals surface area contributed by atoms with E-state index in [2.05, 4.69) is 31.1 Å². The predicted octanol–water partition coefficient (Wildman–Crippen LogP) is 3.49. The van der Waals surface area contributed by atoms with Crippen LogP contribution in [0.1, 0.15) is 41.8 Å². The van der Waals surface area contributed by atoms with Crippen LogP contribution in [-0.4, -0.2) is 42.1 Å². The zero-order chi connectivity index (χ0) is 17.9. The van der Waals surface area contributed by atoms with Crippen LogP contribution in [0.2, 0.25) is 0 Å². The lowest BCUT2D eigenvalue weighted by Crippen LogP contribution is -2.40. The van der Waals surface area contributed by atoms with Crippen LogP contribution < -0.4 is 4.74 Å². The molecule has 0 unspecified atom stereocenters. The number of hydrogen-bond donors (Lipinski definition) is 0. The van der Waals surface area contributed by atoms with E-state index >= 15 is 0 Å². The first-order chi connectivity index (χ1) is 11.9. The summed E-state index contributed by atoms with van der Waals surface area (Å²) in [4.78, 5) is 19.0. The van der Waals surface area contributed by atoms with Gasteiger partial charge in [-0.15, -0.1) is 11.3 Å². The van der Waals surface area contributed by atoms with Gasteiger partial charge in [0.1, 0.15) is 17.4 Å². The fraction of sp³-hybridized carbons (Fsp3) is 0.474. The van der Waals surface area contributed by atoms with Gasteiger partial charge in [0.2, 0.25) is 0 Å². The van der Waals surface area contributed by atoms with Crippen molar-refractivity contribution < 1.29 is 14.3 Å². The minimum atomic E-state index is 0.0259. The molecule has 0 aliphatic carbocycles. The van der Waals surface area contributed by atoms with E-state index in [1.54, 1.807) is 17.4 Å². The van der Waals surface area contributed by atoms with Crippen LogP contribution in [0, 0.1) is 0 Å². The van der Waals surface area contributed by atoms with Crippen molar-refractivity contribution in [1.29, 1.82) is 0 Å². The highest BCUT2D eigenvalue weighted by atomic mass is 32.1. The summed E-state index contributed by atoms with van der Waals surface area (Å²) < 4.78 is 11.1. The zero-order valence-corrected chi connectivity index (χ0v) is 15.8. The van der Waals surface area contributed by atoms with Crippen molar-refractivity contribution in [1.82, 2.24) is 9.88 Å². The fourth-order valence-electron chi connectivity index (χ4n) is 2.53. The molecule has 1 aliphatic heterocycles. The Morgan fingerprint density at radius 2 is 2.08 bits per heavy atom. The molecule has 5 nitrogen and oxygen atoms in total. The van der Waals surface area contributed by atoms with Gasteiger partial charge in [-0.3, -0.25) is 4.79 Å². The van der Waals surface area contributed by atoms with E-state index in [1.807, 2.05) is 23.1 Å². The standard InChI is InChI=1S/C19H24N2O3S/c1-19(2,3)16-13-25-17(20-16)12-24-15-6-4-5-14(11-15)18(22)21-7-9-23-10-8-21/h4-6,11,13H,7-10,12H2,1-3H3. The maximum absolute atomic E-state index is 12.5. The molecule has 1 aromatic heterocycles. The molecule has 0 spiro atoms. The van der Waals surface area contributed by atoms with Crippen molar-refractivity contribution in [2.75, 3.05) is 26.3 Å². The Kier molecular flexibility index (Phi) is 5.39. The van der Waals surface area contributed by atoms with E-state index in [4.69, 9.17) is 9.47 Å². The number of hydrogen-bond acceptors (Lipinski definition) is 5. The van der Waals surface area contributed by atoms with E-state index < -0.39 is 0 Å². The largest absolute Gasteiger partial charge is 0.486 e. The fourth-order valence-corrected chi connectivity index (χ4v) is 3.47. The number of morpholine rings is 1. The van der Waals surface area contributed by atoms with Crippen LogP contribution in [0.5, 0.6) is 5.75 Å². The summed E-state index contributed by atoms with van der Waals surface area (Å²) >= 11 is 1.60. The molecular formula is C19H24N2O3S. The Hall–Kier alpha value is -1.92. The van der Waals surface area contributed by atoms with Gasteiger partial charge in [0.05, 0.1) is 18.9 Å². The molecule has 0 N–H and O–H groups in total. The quantitative estimate of drug-likeness (QED) is 0.837. The Labute approximate surface area is 152 Å². The number of thiazole rings is 1. The molecule has 3 rings (SSSR count). The summed E-state index contributed by atoms with van der Waals surface area (Å²) in [6.45, 7) is 9.32. The van der Waals surface area contributed by atoms with Crippen LogP contribution in [0.4, 0.5) is 0 Å². The summed E-state index contributed by atoms with van der Waals surface area (Å²) in [5, 5.41) is 3.02. The van der Waals surface area contributed by atoms with Crippen LogP contribution in [0.15, 0.2) is 29.6 Å². The van der Waals surface area contributed by atoms with Crippen LogP contribution in [0.25, 0.3) is 0 Å². The summed E-state index contributed by atoms with van der Waals surface area (Å²) in [5.41, 5.74) is 1.76. The molecule has 1 fully saturated rings. The molecule has 25 heavy (non-hydrogen) atoms. The average Bonchev–Trinajstić information content (AvgIpc) is 3.10. The Balaban J connectivity index is 1.63. The molecule has 0 saturated carbocycles. The van der Waals surface area contributed by atoms with Gasteiger partial charge < -0.3 is 14.4 Å². The number of aromatic nitrogens is 1. The van der Waals surface area contributed by atoms with Crippen molar-refractivity contribution in [3.8, 4) is 5.75 Å². The maximum Gasteiger partial charge on any atom is 0.254 e. The molecule has 6 heteroatoms. The molecule has 0 bridgehead atoms. The Bertz CT molecular complexity index is 730. The monoisotopic (exact) mass is 360 g/mol. The van der Waals surface area contributed by atoms with Crippen LogP contribution >= 0.6 is 11.3 Å². The Morgan fingerprint density at radius 3 is 2.76 bits per heavy atom. The third kappa shape index (κ3) is 4.58. The van der Waals surface area contributed by atoms with Crippen LogP contribution in [0.3, 0.4) is 0 Å². The first kappa shape index (κ1) is 17.9. The second-order valence-electron chi connectivity index (χ2n) is 7.10. The predicted molar refractivity (Wildman–Crippen MR) is 98.3 cm³/mol. The summed E-state index contributed by atoms with van der Waals surface area (Å²) in [7, 11) is 0. The molecule has 1 aliphatic rings. The molecule has 1 saturated heterocycles. The van der Waals surface area contributed by atoms with Gasteiger partial charge in [0, 0.05) is 29.4 Å². The average molecular weight is 360 g/mol. The number of rotatable bonds is 4. The number of carbonyl (C=O) groups excluding carboxylic acids is 1. The van der Waals surface area contributed by atoms with Crippen molar-refractivity contribution >= 4 is 17.2 Å². The van der Waals surface area contributed by atoms with Crippen molar-refractivity contribution in [3.63, 3.8) is 0 Å². The van der Waals surface area contributed by atoms with E-state index in [-0.39, 0.29) is 11.3 Å². The van der Waals surface area contributed by atoms with E-state index in [0.717, 1.165) is 10.7 Å². The molecule has 2 heterocycles. The van der Waals surface area contributed by atoms with Gasteiger partial charge >= 0.3 is 0 Å². The number of benzene rings is 1. The minimum Gasteiger partial charge on any atom is -0.486 e. The van der Waals surface area contributed by atoms with Gasteiger partial charge in [0.25, 0.3) is 5.91 Å². The van der Waals surface area contributed by atoms with E-state index in [1.165, 1.54) is 0 Å². The maximum atomic E-state index is 12.5. The van der Waals surface area contributed by atoms with Gasteiger partial charge in [-0.25, -0.2) is 4.98 Å². The third-order valence-electron chi connectivity index (χ3n) is 4.06. The molecule has 0 atom stereocenters. The molecule has 134 valence electrons. The number of nitrogens with zero attached hydrogens (tertiary/aromatic N) is 2. The normalized spacial score (nSPS) is 15.2. The molecule has 1 amide bonds. The summed E-state index contributed by atoms with van der Waals surface area (Å²) in [6.07, 6.45) is 0. The number of ether oxygens (including phenoxy) is 2. The Morgan fingerprint density at radius 1 is 1.32 bits per heavy atom. The van der Waals surface area contributed by atoms with Crippen LogP contribution in [-0.2, 0) is 16.8 Å². The lowest BCUT2D eigenvalue weighted by atomic mass is 9.93. The molecule has 1 aromatic carbocycles. The second kappa shape index (κ2) is 7.54. The summed E-state index contributed by atoms with van der Waals surface area (Å²) in [6, 6.07) is 7.35. The van der Waals surface area contributed by atoms with Gasteiger partial charge in [-0.2, -0.15) is 0 Å². The van der Waals surface area contributed by atoms with Crippen molar-refractivity contribution in [2.24, 2.45) is 0 Å². The smallest absolute Gasteiger partial charge is 0.254 e. The zero-order valence-electron chi connectivity index (χ0n) is 14.9. The lowest BCUT2D eigenvalue weighted by Gasteiger charge is -2.26. The van der Waals surface area contributed by atoms with Crippen molar-refractivity contribution in [3.05, 3.63) is 45.9 Å². The molecular weight excluding hydrogens is 336 g/mol. The highest BCUT2D eigenvalue weighted by Crippen LogP contribution is 2.25. The van der Waals surface area contributed by atoms with E-state index in [9.17, 15) is 4.79 Å². The first-order valence-corrected chi connectivity index (χ1v) is 9.36. The summed E-state index contributed by atoms with van der Waals surface area (Å²) in [5.74, 6) is 0.713. The SMILES string of the molecule is CC(C)(C)c1csc(COc2cccc(C(=O)N3CCOCC3)c2)n1. The third-order valence-corrected chi connectivity index (χ3v) is 4.88. The van der Waals surface area contributed by atoms with Gasteiger partial charge in [0.15, 0.2) is 0 Å². The van der Waals surface area contributed by atoms with Crippen molar-refractivity contribution in [2.45, 2.75) is 32.8 Å². The highest BCUT2D eigenvalue weighted by Gasteiger charge is 2.19. The molecule has 0 radical (unpaired) electrons. The number of carbonyl (C=O) groups is 1. The van der Waals surface area contributed by atoms with E-state index in [0.29, 0.717) is 44.2 Å². The second-order valence-corrected chi connectivity index (χ2v) is 8.04. The molecule has 2 aromatic rings. The topological polar surface area (TPSA) is 51.7 Å².